The van der Waals surface area contributed by atoms with Gasteiger partial charge in [0, 0.05) is 25.2 Å². The zero-order chi connectivity index (χ0) is 14.5. The molecule has 1 atom stereocenters. The normalized spacial score (nSPS) is 12.6. The monoisotopic (exact) mass is 272 g/mol. The highest BCUT2D eigenvalue weighted by Crippen LogP contribution is 2.11. The Morgan fingerprint density at radius 2 is 1.95 bits per heavy atom. The Hall–Kier alpha value is -1.65. The molecule has 0 bridgehead atoms. The van der Waals surface area contributed by atoms with Crippen molar-refractivity contribution in [3.05, 3.63) is 52.8 Å². The van der Waals surface area contributed by atoms with E-state index >= 15 is 0 Å². The molecule has 0 spiro atoms. The largest absolute Gasteiger partial charge is 0.272 e. The molecule has 0 aliphatic heterocycles. The first-order valence-electron chi connectivity index (χ1n) is 7.15. The van der Waals surface area contributed by atoms with Crippen LogP contribution in [-0.2, 0) is 26.3 Å². The number of hydrazine groups is 1. The number of hydrogen-bond acceptors (Lipinski definition) is 3. The third-order valence-electron chi connectivity index (χ3n) is 3.68. The van der Waals surface area contributed by atoms with Gasteiger partial charge in [0.05, 0.1) is 5.69 Å². The minimum absolute atomic E-state index is 0.220. The molecular weight excluding hydrogens is 248 g/mol. The smallest absolute Gasteiger partial charge is 0.0624 e. The molecule has 0 fully saturated rings. The van der Waals surface area contributed by atoms with E-state index in [1.54, 1.807) is 0 Å². The number of hydrogen-bond donors (Lipinski definition) is 2. The first-order valence-corrected chi connectivity index (χ1v) is 7.15. The van der Waals surface area contributed by atoms with Crippen LogP contribution in [0.1, 0.15) is 29.4 Å². The van der Waals surface area contributed by atoms with E-state index in [1.807, 2.05) is 11.7 Å². The van der Waals surface area contributed by atoms with Crippen LogP contribution in [0, 0.1) is 6.92 Å². The van der Waals surface area contributed by atoms with Crippen molar-refractivity contribution in [2.75, 3.05) is 0 Å². The summed E-state index contributed by atoms with van der Waals surface area (Å²) in [5.74, 6) is 5.71. The average Bonchev–Trinajstić information content (AvgIpc) is 2.81. The molecule has 0 saturated carbocycles. The van der Waals surface area contributed by atoms with Gasteiger partial charge < -0.3 is 0 Å². The quantitative estimate of drug-likeness (QED) is 0.624. The fraction of sp³-hybridized carbons (Fsp3) is 0.438. The lowest BCUT2D eigenvalue weighted by Crippen LogP contribution is -2.38. The number of rotatable bonds is 6. The standard InChI is InChI=1S/C16H24N4/c1-4-14-10-16(20(3)19-14)11-15(18-17)9-13-7-5-12(2)6-8-13/h5-8,10,15,18H,4,9,11,17H2,1-3H3. The second-order valence-corrected chi connectivity index (χ2v) is 5.36. The van der Waals surface area contributed by atoms with Gasteiger partial charge in [-0.3, -0.25) is 16.0 Å². The van der Waals surface area contributed by atoms with Crippen molar-refractivity contribution in [3.8, 4) is 0 Å². The molecule has 0 aliphatic rings. The van der Waals surface area contributed by atoms with Gasteiger partial charge in [-0.05, 0) is 31.4 Å². The van der Waals surface area contributed by atoms with Gasteiger partial charge >= 0.3 is 0 Å². The van der Waals surface area contributed by atoms with E-state index in [9.17, 15) is 0 Å². The number of aromatic nitrogens is 2. The fourth-order valence-electron chi connectivity index (χ4n) is 2.39. The molecule has 1 aromatic heterocycles. The van der Waals surface area contributed by atoms with E-state index in [4.69, 9.17) is 5.84 Å². The second kappa shape index (κ2) is 6.68. The number of benzene rings is 1. The van der Waals surface area contributed by atoms with Crippen molar-refractivity contribution >= 4 is 0 Å². The minimum atomic E-state index is 0.220. The lowest BCUT2D eigenvalue weighted by molar-refractivity contribution is 0.505. The summed E-state index contributed by atoms with van der Waals surface area (Å²) in [6.07, 6.45) is 2.77. The van der Waals surface area contributed by atoms with Gasteiger partial charge in [0.15, 0.2) is 0 Å². The molecular formula is C16H24N4. The summed E-state index contributed by atoms with van der Waals surface area (Å²) in [7, 11) is 1.99. The van der Waals surface area contributed by atoms with Crippen LogP contribution in [0.2, 0.25) is 0 Å². The third-order valence-corrected chi connectivity index (χ3v) is 3.68. The number of aryl methyl sites for hydroxylation is 3. The average molecular weight is 272 g/mol. The highest BCUT2D eigenvalue weighted by Gasteiger charge is 2.12. The van der Waals surface area contributed by atoms with Crippen molar-refractivity contribution in [2.45, 2.75) is 39.2 Å². The van der Waals surface area contributed by atoms with Crippen LogP contribution in [0.4, 0.5) is 0 Å². The topological polar surface area (TPSA) is 55.9 Å². The molecule has 1 aromatic carbocycles. The van der Waals surface area contributed by atoms with E-state index in [0.29, 0.717) is 0 Å². The Morgan fingerprint density at radius 3 is 2.50 bits per heavy atom. The van der Waals surface area contributed by atoms with Crippen molar-refractivity contribution in [1.82, 2.24) is 15.2 Å². The van der Waals surface area contributed by atoms with Gasteiger partial charge in [0.2, 0.25) is 0 Å². The van der Waals surface area contributed by atoms with E-state index in [2.05, 4.69) is 54.7 Å². The molecule has 0 aliphatic carbocycles. The van der Waals surface area contributed by atoms with Crippen molar-refractivity contribution < 1.29 is 0 Å². The zero-order valence-corrected chi connectivity index (χ0v) is 12.6. The summed E-state index contributed by atoms with van der Waals surface area (Å²) in [5.41, 5.74) is 7.86. The Morgan fingerprint density at radius 1 is 1.25 bits per heavy atom. The molecule has 4 heteroatoms. The summed E-state index contributed by atoms with van der Waals surface area (Å²) in [4.78, 5) is 0. The molecule has 0 saturated heterocycles. The Balaban J connectivity index is 2.04. The molecule has 1 heterocycles. The minimum Gasteiger partial charge on any atom is -0.272 e. The zero-order valence-electron chi connectivity index (χ0n) is 12.6. The summed E-state index contributed by atoms with van der Waals surface area (Å²) < 4.78 is 1.96. The molecule has 0 amide bonds. The van der Waals surface area contributed by atoms with Gasteiger partial charge in [0.1, 0.15) is 0 Å². The Bertz CT molecular complexity index is 542. The van der Waals surface area contributed by atoms with Gasteiger partial charge in [0.25, 0.3) is 0 Å². The SMILES string of the molecule is CCc1cc(CC(Cc2ccc(C)cc2)NN)n(C)n1. The predicted octanol–water partition coefficient (Wildman–Crippen LogP) is 1.91. The van der Waals surface area contributed by atoms with E-state index < -0.39 is 0 Å². The number of nitrogens with two attached hydrogens (primary N) is 1. The summed E-state index contributed by atoms with van der Waals surface area (Å²) >= 11 is 0. The van der Waals surface area contributed by atoms with Crippen molar-refractivity contribution in [2.24, 2.45) is 12.9 Å². The lowest BCUT2D eigenvalue weighted by Gasteiger charge is -2.16. The molecule has 4 nitrogen and oxygen atoms in total. The summed E-state index contributed by atoms with van der Waals surface area (Å²) in [6.45, 7) is 4.22. The highest BCUT2D eigenvalue weighted by atomic mass is 15.3. The lowest BCUT2D eigenvalue weighted by atomic mass is 10.0. The van der Waals surface area contributed by atoms with Crippen LogP contribution < -0.4 is 11.3 Å². The van der Waals surface area contributed by atoms with E-state index in [-0.39, 0.29) is 6.04 Å². The molecule has 108 valence electrons. The van der Waals surface area contributed by atoms with Crippen LogP contribution in [0.5, 0.6) is 0 Å². The van der Waals surface area contributed by atoms with Gasteiger partial charge in [-0.2, -0.15) is 5.10 Å². The second-order valence-electron chi connectivity index (χ2n) is 5.36. The fourth-order valence-corrected chi connectivity index (χ4v) is 2.39. The maximum absolute atomic E-state index is 5.71. The van der Waals surface area contributed by atoms with Crippen LogP contribution in [0.15, 0.2) is 30.3 Å². The molecule has 3 N–H and O–H groups in total. The Kier molecular flexibility index (Phi) is 4.93. The van der Waals surface area contributed by atoms with Crippen LogP contribution in [0.3, 0.4) is 0 Å². The summed E-state index contributed by atoms with van der Waals surface area (Å²) in [6, 6.07) is 11.0. The third kappa shape index (κ3) is 3.68. The summed E-state index contributed by atoms with van der Waals surface area (Å²) in [5, 5.41) is 4.48. The first kappa shape index (κ1) is 14.8. The maximum atomic E-state index is 5.71. The van der Waals surface area contributed by atoms with Gasteiger partial charge in [-0.25, -0.2) is 0 Å². The number of nitrogens with zero attached hydrogens (tertiary/aromatic N) is 2. The van der Waals surface area contributed by atoms with Crippen LogP contribution >= 0.6 is 0 Å². The van der Waals surface area contributed by atoms with Crippen molar-refractivity contribution in [1.29, 1.82) is 0 Å². The molecule has 20 heavy (non-hydrogen) atoms. The molecule has 2 aromatic rings. The van der Waals surface area contributed by atoms with Crippen molar-refractivity contribution in [3.63, 3.8) is 0 Å². The maximum Gasteiger partial charge on any atom is 0.0624 e. The van der Waals surface area contributed by atoms with Gasteiger partial charge in [-0.15, -0.1) is 0 Å². The van der Waals surface area contributed by atoms with Crippen LogP contribution in [-0.4, -0.2) is 15.8 Å². The first-order chi connectivity index (χ1) is 9.62. The number of nitrogens with one attached hydrogen (secondary N) is 1. The Labute approximate surface area is 121 Å². The van der Waals surface area contributed by atoms with Gasteiger partial charge in [-0.1, -0.05) is 36.8 Å². The van der Waals surface area contributed by atoms with E-state index in [1.165, 1.54) is 16.8 Å². The van der Waals surface area contributed by atoms with E-state index in [0.717, 1.165) is 25.0 Å². The molecule has 0 radical (unpaired) electrons. The van der Waals surface area contributed by atoms with Crippen LogP contribution in [0.25, 0.3) is 0 Å². The highest BCUT2D eigenvalue weighted by molar-refractivity contribution is 5.22. The molecule has 2 rings (SSSR count). The molecule has 1 unspecified atom stereocenters. The predicted molar refractivity (Wildman–Crippen MR) is 82.3 cm³/mol.